The van der Waals surface area contributed by atoms with Crippen molar-refractivity contribution in [3.63, 3.8) is 0 Å². The zero-order chi connectivity index (χ0) is 9.54. The van der Waals surface area contributed by atoms with Crippen LogP contribution >= 0.6 is 0 Å². The summed E-state index contributed by atoms with van der Waals surface area (Å²) >= 11 is 0. The fourth-order valence-electron chi connectivity index (χ4n) is 2.03. The van der Waals surface area contributed by atoms with Crippen molar-refractivity contribution in [1.82, 2.24) is 0 Å². The van der Waals surface area contributed by atoms with Crippen LogP contribution in [0.15, 0.2) is 34.9 Å². The molecule has 1 aliphatic rings. The molecule has 14 heavy (non-hydrogen) atoms. The summed E-state index contributed by atoms with van der Waals surface area (Å²) in [5, 5.41) is 1.12. The minimum absolute atomic E-state index is 0.214. The fraction of sp³-hybridized carbons (Fsp3) is 0.250. The van der Waals surface area contributed by atoms with E-state index in [1.807, 2.05) is 18.2 Å². The Kier molecular flexibility index (Phi) is 1.51. The molecule has 70 valence electrons. The predicted octanol–water partition coefficient (Wildman–Crippen LogP) is 2.74. The summed E-state index contributed by atoms with van der Waals surface area (Å²) in [5.41, 5.74) is 2.13. The van der Waals surface area contributed by atoms with E-state index >= 15 is 0 Å². The van der Waals surface area contributed by atoms with E-state index in [4.69, 9.17) is 4.42 Å². The number of aldehydes is 1. The van der Waals surface area contributed by atoms with Crippen molar-refractivity contribution in [3.8, 4) is 0 Å². The van der Waals surface area contributed by atoms with Crippen molar-refractivity contribution in [2.24, 2.45) is 5.92 Å². The monoisotopic (exact) mass is 186 g/mol. The van der Waals surface area contributed by atoms with Crippen molar-refractivity contribution in [1.29, 1.82) is 0 Å². The third-order valence-electron chi connectivity index (χ3n) is 2.92. The molecule has 2 nitrogen and oxygen atoms in total. The van der Waals surface area contributed by atoms with Crippen LogP contribution in [0.1, 0.15) is 17.9 Å². The number of para-hydroxylation sites is 1. The number of rotatable bonds is 2. The van der Waals surface area contributed by atoms with Gasteiger partial charge in [-0.2, -0.15) is 0 Å². The van der Waals surface area contributed by atoms with Gasteiger partial charge in [0.2, 0.25) is 0 Å². The second kappa shape index (κ2) is 2.71. The third kappa shape index (κ3) is 1.00. The SMILES string of the molecule is O=C[C@@H]1C[C@H]1c1cccc2ccoc12. The lowest BCUT2D eigenvalue weighted by Gasteiger charge is -1.98. The molecule has 1 aliphatic carbocycles. The Labute approximate surface area is 81.5 Å². The van der Waals surface area contributed by atoms with Gasteiger partial charge in [0.05, 0.1) is 6.26 Å². The maximum Gasteiger partial charge on any atom is 0.137 e. The molecule has 1 saturated carbocycles. The first kappa shape index (κ1) is 7.80. The molecule has 2 aromatic rings. The summed E-state index contributed by atoms with van der Waals surface area (Å²) in [6.07, 6.45) is 3.72. The van der Waals surface area contributed by atoms with Gasteiger partial charge in [0.25, 0.3) is 0 Å². The second-order valence-electron chi connectivity index (χ2n) is 3.83. The molecule has 0 saturated heterocycles. The molecule has 0 aliphatic heterocycles. The molecule has 2 heteroatoms. The fourth-order valence-corrected chi connectivity index (χ4v) is 2.03. The normalized spacial score (nSPS) is 25.1. The first-order valence-electron chi connectivity index (χ1n) is 4.81. The van der Waals surface area contributed by atoms with Gasteiger partial charge in [-0.25, -0.2) is 0 Å². The summed E-state index contributed by atoms with van der Waals surface area (Å²) in [6.45, 7) is 0. The summed E-state index contributed by atoms with van der Waals surface area (Å²) in [5.74, 6) is 0.605. The molecule has 0 unspecified atom stereocenters. The Bertz CT molecular complexity index is 484. The van der Waals surface area contributed by atoms with Crippen molar-refractivity contribution in [2.75, 3.05) is 0 Å². The molecule has 0 bridgehead atoms. The van der Waals surface area contributed by atoms with Crippen molar-refractivity contribution < 1.29 is 9.21 Å². The third-order valence-corrected chi connectivity index (χ3v) is 2.92. The highest BCUT2D eigenvalue weighted by Crippen LogP contribution is 2.48. The van der Waals surface area contributed by atoms with Crippen LogP contribution in [0.4, 0.5) is 0 Å². The zero-order valence-corrected chi connectivity index (χ0v) is 7.64. The summed E-state index contributed by atoms with van der Waals surface area (Å²) in [7, 11) is 0. The molecule has 1 heterocycles. The van der Waals surface area contributed by atoms with Crippen LogP contribution in [-0.2, 0) is 4.79 Å². The predicted molar refractivity (Wildman–Crippen MR) is 53.1 cm³/mol. The Morgan fingerprint density at radius 1 is 1.36 bits per heavy atom. The molecule has 1 aromatic heterocycles. The molecule has 0 N–H and O–H groups in total. The van der Waals surface area contributed by atoms with Crippen LogP contribution < -0.4 is 0 Å². The molecule has 0 spiro atoms. The average Bonchev–Trinajstić information content (AvgIpc) is 2.85. The number of benzene rings is 1. The van der Waals surface area contributed by atoms with Crippen molar-refractivity contribution in [3.05, 3.63) is 36.1 Å². The minimum Gasteiger partial charge on any atom is -0.464 e. The first-order valence-corrected chi connectivity index (χ1v) is 4.81. The molecular formula is C12H10O2. The van der Waals surface area contributed by atoms with Crippen molar-refractivity contribution >= 4 is 17.3 Å². The van der Waals surface area contributed by atoms with Crippen molar-refractivity contribution in [2.45, 2.75) is 12.3 Å². The number of furan rings is 1. The van der Waals surface area contributed by atoms with E-state index in [1.165, 1.54) is 5.56 Å². The highest BCUT2D eigenvalue weighted by molar-refractivity contribution is 5.82. The molecule has 0 amide bonds. The molecule has 2 atom stereocenters. The lowest BCUT2D eigenvalue weighted by Crippen LogP contribution is -1.84. The molecular weight excluding hydrogens is 176 g/mol. The lowest BCUT2D eigenvalue weighted by atomic mass is 10.1. The molecule has 3 rings (SSSR count). The summed E-state index contributed by atoms with van der Waals surface area (Å²) in [4.78, 5) is 10.6. The number of carbonyl (C=O) groups is 1. The minimum atomic E-state index is 0.214. The van der Waals surface area contributed by atoms with Crippen LogP contribution in [0, 0.1) is 5.92 Å². The van der Waals surface area contributed by atoms with Gasteiger partial charge in [-0.3, -0.25) is 0 Å². The van der Waals surface area contributed by atoms with Gasteiger partial charge in [0, 0.05) is 11.3 Å². The largest absolute Gasteiger partial charge is 0.464 e. The van der Waals surface area contributed by atoms with Gasteiger partial charge in [-0.15, -0.1) is 0 Å². The smallest absolute Gasteiger partial charge is 0.137 e. The first-order chi connectivity index (χ1) is 6.90. The number of carbonyl (C=O) groups excluding carboxylic acids is 1. The van der Waals surface area contributed by atoms with E-state index in [0.29, 0.717) is 5.92 Å². The van der Waals surface area contributed by atoms with Gasteiger partial charge < -0.3 is 9.21 Å². The maximum atomic E-state index is 10.6. The van der Waals surface area contributed by atoms with Gasteiger partial charge in [-0.1, -0.05) is 18.2 Å². The Hall–Kier alpha value is -1.57. The number of hydrogen-bond donors (Lipinski definition) is 0. The van der Waals surface area contributed by atoms with Crippen LogP contribution in [0.2, 0.25) is 0 Å². The van der Waals surface area contributed by atoms with E-state index in [-0.39, 0.29) is 5.92 Å². The van der Waals surface area contributed by atoms with Gasteiger partial charge in [-0.05, 0) is 24.0 Å². The van der Waals surface area contributed by atoms with Gasteiger partial charge in [0.1, 0.15) is 11.9 Å². The summed E-state index contributed by atoms with van der Waals surface area (Å²) < 4.78 is 5.43. The van der Waals surface area contributed by atoms with Gasteiger partial charge in [0.15, 0.2) is 0 Å². The second-order valence-corrected chi connectivity index (χ2v) is 3.83. The Balaban J connectivity index is 2.12. The lowest BCUT2D eigenvalue weighted by molar-refractivity contribution is -0.108. The standard InChI is InChI=1S/C12H10O2/c13-7-9-6-11(9)10-3-1-2-8-4-5-14-12(8)10/h1-5,7,9,11H,6H2/t9-,11+/m0/s1. The highest BCUT2D eigenvalue weighted by Gasteiger charge is 2.39. The van der Waals surface area contributed by atoms with E-state index in [0.717, 1.165) is 23.7 Å². The molecule has 0 radical (unpaired) electrons. The van der Waals surface area contributed by atoms with Crippen LogP contribution in [0.3, 0.4) is 0 Å². The van der Waals surface area contributed by atoms with Crippen LogP contribution in [0.25, 0.3) is 11.0 Å². The zero-order valence-electron chi connectivity index (χ0n) is 7.64. The number of fused-ring (bicyclic) bond motifs is 1. The van der Waals surface area contributed by atoms with Gasteiger partial charge >= 0.3 is 0 Å². The summed E-state index contributed by atoms with van der Waals surface area (Å²) in [6, 6.07) is 8.06. The van der Waals surface area contributed by atoms with E-state index in [9.17, 15) is 4.79 Å². The Morgan fingerprint density at radius 2 is 2.29 bits per heavy atom. The highest BCUT2D eigenvalue weighted by atomic mass is 16.3. The topological polar surface area (TPSA) is 30.2 Å². The molecule has 1 fully saturated rings. The van der Waals surface area contributed by atoms with E-state index in [1.54, 1.807) is 6.26 Å². The maximum absolute atomic E-state index is 10.6. The Morgan fingerprint density at radius 3 is 3.07 bits per heavy atom. The van der Waals surface area contributed by atoms with E-state index in [2.05, 4.69) is 6.07 Å². The van der Waals surface area contributed by atoms with E-state index < -0.39 is 0 Å². The quantitative estimate of drug-likeness (QED) is 0.675. The van der Waals surface area contributed by atoms with Crippen LogP contribution in [-0.4, -0.2) is 6.29 Å². The number of hydrogen-bond acceptors (Lipinski definition) is 2. The van der Waals surface area contributed by atoms with Crippen LogP contribution in [0.5, 0.6) is 0 Å². The average molecular weight is 186 g/mol. The molecule has 1 aromatic carbocycles.